The van der Waals surface area contributed by atoms with Crippen molar-refractivity contribution < 1.29 is 18.9 Å². The highest BCUT2D eigenvalue weighted by Crippen LogP contribution is 2.38. The van der Waals surface area contributed by atoms with Gasteiger partial charge in [-0.15, -0.1) is 0 Å². The zero-order valence-corrected chi connectivity index (χ0v) is 13.3. The van der Waals surface area contributed by atoms with E-state index in [0.717, 1.165) is 24.5 Å². The zero-order chi connectivity index (χ0) is 16.2. The van der Waals surface area contributed by atoms with Crippen molar-refractivity contribution in [1.29, 1.82) is 0 Å². The Balaban J connectivity index is 1.55. The van der Waals surface area contributed by atoms with Crippen molar-refractivity contribution in [2.45, 2.75) is 12.2 Å². The van der Waals surface area contributed by atoms with Gasteiger partial charge in [0.25, 0.3) is 0 Å². The average molecular weight is 325 g/mol. The number of para-hydroxylation sites is 1. The standard InChI is InChI=1S/C19H19NO4/c1-2-5-14(6-3-1)9-20-17-7-4-8-18(23-12-15-10-21-15)19(17)24-13-16-11-22-16/h1-9,15-16H,10-13H2. The first-order valence-corrected chi connectivity index (χ1v) is 8.09. The van der Waals surface area contributed by atoms with Crippen molar-refractivity contribution in [3.63, 3.8) is 0 Å². The summed E-state index contributed by atoms with van der Waals surface area (Å²) in [5.74, 6) is 1.34. The second-order valence-electron chi connectivity index (χ2n) is 5.81. The van der Waals surface area contributed by atoms with Crippen LogP contribution in [0.15, 0.2) is 53.5 Å². The number of hydrogen-bond acceptors (Lipinski definition) is 5. The average Bonchev–Trinajstić information content (AvgIpc) is 3.52. The molecule has 4 rings (SSSR count). The Kier molecular flexibility index (Phi) is 4.44. The summed E-state index contributed by atoms with van der Waals surface area (Å²) in [7, 11) is 0. The van der Waals surface area contributed by atoms with E-state index in [1.807, 2.05) is 54.7 Å². The maximum atomic E-state index is 5.93. The van der Waals surface area contributed by atoms with Crippen LogP contribution < -0.4 is 9.47 Å². The minimum Gasteiger partial charge on any atom is -0.487 e. The van der Waals surface area contributed by atoms with Gasteiger partial charge in [-0.2, -0.15) is 0 Å². The molecule has 0 aliphatic carbocycles. The minimum absolute atomic E-state index is 0.177. The number of aliphatic imine (C=N–C) groups is 1. The fourth-order valence-electron chi connectivity index (χ4n) is 2.24. The second kappa shape index (κ2) is 7.03. The maximum Gasteiger partial charge on any atom is 0.186 e. The Labute approximate surface area is 140 Å². The molecule has 2 aromatic carbocycles. The quantitative estimate of drug-likeness (QED) is 0.553. The lowest BCUT2D eigenvalue weighted by Gasteiger charge is -2.13. The molecule has 0 spiro atoms. The van der Waals surface area contributed by atoms with Crippen LogP contribution in [0.25, 0.3) is 0 Å². The van der Waals surface area contributed by atoms with E-state index in [2.05, 4.69) is 4.99 Å². The minimum atomic E-state index is 0.177. The van der Waals surface area contributed by atoms with Crippen molar-refractivity contribution in [2.75, 3.05) is 26.4 Å². The molecule has 2 aliphatic rings. The molecule has 24 heavy (non-hydrogen) atoms. The molecule has 0 bridgehead atoms. The fraction of sp³-hybridized carbons (Fsp3) is 0.316. The monoisotopic (exact) mass is 325 g/mol. The SMILES string of the molecule is C(=Nc1cccc(OCC2CO2)c1OCC1CO1)c1ccccc1. The number of epoxide rings is 2. The van der Waals surface area contributed by atoms with Gasteiger partial charge in [0.2, 0.25) is 0 Å². The van der Waals surface area contributed by atoms with E-state index in [0.29, 0.717) is 24.7 Å². The first kappa shape index (κ1) is 15.2. The third-order valence-corrected chi connectivity index (χ3v) is 3.75. The van der Waals surface area contributed by atoms with Crippen LogP contribution >= 0.6 is 0 Å². The summed E-state index contributed by atoms with van der Waals surface area (Å²) in [6.07, 6.45) is 2.20. The Morgan fingerprint density at radius 1 is 0.917 bits per heavy atom. The van der Waals surface area contributed by atoms with Gasteiger partial charge in [0.05, 0.1) is 13.2 Å². The summed E-state index contributed by atoms with van der Waals surface area (Å²) < 4.78 is 22.2. The highest BCUT2D eigenvalue weighted by atomic mass is 16.6. The zero-order valence-electron chi connectivity index (χ0n) is 13.3. The van der Waals surface area contributed by atoms with Gasteiger partial charge in [0, 0.05) is 6.21 Å². The molecule has 0 radical (unpaired) electrons. The predicted molar refractivity (Wildman–Crippen MR) is 90.6 cm³/mol. The van der Waals surface area contributed by atoms with Crippen molar-refractivity contribution in [3.8, 4) is 11.5 Å². The molecular weight excluding hydrogens is 306 g/mol. The first-order valence-electron chi connectivity index (χ1n) is 8.09. The summed E-state index contributed by atoms with van der Waals surface area (Å²) in [5, 5.41) is 0. The molecule has 2 aliphatic heterocycles. The highest BCUT2D eigenvalue weighted by Gasteiger charge is 2.26. The molecular formula is C19H19NO4. The molecule has 5 nitrogen and oxygen atoms in total. The summed E-state index contributed by atoms with van der Waals surface area (Å²) in [5.41, 5.74) is 1.78. The second-order valence-corrected chi connectivity index (χ2v) is 5.81. The molecule has 2 heterocycles. The molecule has 0 N–H and O–H groups in total. The summed E-state index contributed by atoms with van der Waals surface area (Å²) in [6, 6.07) is 15.7. The van der Waals surface area contributed by atoms with Crippen LogP contribution in [0.2, 0.25) is 0 Å². The van der Waals surface area contributed by atoms with Gasteiger partial charge in [-0.1, -0.05) is 36.4 Å². The van der Waals surface area contributed by atoms with Gasteiger partial charge in [-0.25, -0.2) is 0 Å². The largest absolute Gasteiger partial charge is 0.487 e. The van der Waals surface area contributed by atoms with Gasteiger partial charge in [0.15, 0.2) is 11.5 Å². The Hall–Kier alpha value is -2.37. The number of hydrogen-bond donors (Lipinski definition) is 0. The van der Waals surface area contributed by atoms with Crippen LogP contribution in [-0.2, 0) is 9.47 Å². The van der Waals surface area contributed by atoms with Gasteiger partial charge in [0.1, 0.15) is 31.1 Å². The van der Waals surface area contributed by atoms with Crippen molar-refractivity contribution in [3.05, 3.63) is 54.1 Å². The summed E-state index contributed by atoms with van der Waals surface area (Å²) in [6.45, 7) is 2.55. The highest BCUT2D eigenvalue weighted by molar-refractivity contribution is 5.83. The lowest BCUT2D eigenvalue weighted by Crippen LogP contribution is -2.08. The van der Waals surface area contributed by atoms with E-state index in [1.54, 1.807) is 0 Å². The van der Waals surface area contributed by atoms with E-state index in [4.69, 9.17) is 18.9 Å². The molecule has 0 saturated carbocycles. The topological polar surface area (TPSA) is 55.9 Å². The van der Waals surface area contributed by atoms with E-state index in [-0.39, 0.29) is 12.2 Å². The van der Waals surface area contributed by atoms with Gasteiger partial charge in [-0.05, 0) is 17.7 Å². The fourth-order valence-corrected chi connectivity index (χ4v) is 2.24. The summed E-state index contributed by atoms with van der Waals surface area (Å²) in [4.78, 5) is 4.58. The molecule has 0 amide bonds. The van der Waals surface area contributed by atoms with E-state index in [1.165, 1.54) is 0 Å². The van der Waals surface area contributed by atoms with E-state index < -0.39 is 0 Å². The number of rotatable bonds is 8. The third kappa shape index (κ3) is 4.13. The summed E-state index contributed by atoms with van der Waals surface area (Å²) >= 11 is 0. The van der Waals surface area contributed by atoms with Gasteiger partial charge >= 0.3 is 0 Å². The molecule has 2 saturated heterocycles. The Bertz CT molecular complexity index is 709. The predicted octanol–water partition coefficient (Wildman–Crippen LogP) is 2.99. The van der Waals surface area contributed by atoms with Crippen LogP contribution in [0.5, 0.6) is 11.5 Å². The molecule has 2 unspecified atom stereocenters. The van der Waals surface area contributed by atoms with Crippen molar-refractivity contribution in [1.82, 2.24) is 0 Å². The normalized spacial score (nSPS) is 21.7. The molecule has 2 fully saturated rings. The van der Waals surface area contributed by atoms with Crippen LogP contribution in [0.3, 0.4) is 0 Å². The molecule has 2 atom stereocenters. The number of ether oxygens (including phenoxy) is 4. The molecule has 5 heteroatoms. The Morgan fingerprint density at radius 3 is 2.33 bits per heavy atom. The Morgan fingerprint density at radius 2 is 1.62 bits per heavy atom. The lowest BCUT2D eigenvalue weighted by molar-refractivity contribution is 0.229. The first-order chi connectivity index (χ1) is 11.9. The van der Waals surface area contributed by atoms with Crippen LogP contribution in [-0.4, -0.2) is 44.9 Å². The molecule has 124 valence electrons. The van der Waals surface area contributed by atoms with E-state index in [9.17, 15) is 0 Å². The van der Waals surface area contributed by atoms with Crippen molar-refractivity contribution >= 4 is 11.9 Å². The number of nitrogens with zero attached hydrogens (tertiary/aromatic N) is 1. The van der Waals surface area contributed by atoms with Gasteiger partial charge < -0.3 is 18.9 Å². The van der Waals surface area contributed by atoms with Crippen LogP contribution in [0.4, 0.5) is 5.69 Å². The lowest BCUT2D eigenvalue weighted by atomic mass is 10.2. The number of benzene rings is 2. The molecule has 2 aromatic rings. The van der Waals surface area contributed by atoms with Crippen LogP contribution in [0, 0.1) is 0 Å². The smallest absolute Gasteiger partial charge is 0.186 e. The van der Waals surface area contributed by atoms with Crippen LogP contribution in [0.1, 0.15) is 5.56 Å². The third-order valence-electron chi connectivity index (χ3n) is 3.75. The molecule has 0 aromatic heterocycles. The van der Waals surface area contributed by atoms with Gasteiger partial charge in [-0.3, -0.25) is 4.99 Å². The van der Waals surface area contributed by atoms with Crippen molar-refractivity contribution in [2.24, 2.45) is 4.99 Å². The van der Waals surface area contributed by atoms with E-state index >= 15 is 0 Å². The maximum absolute atomic E-state index is 5.93.